The number of rotatable bonds is 6. The molecule has 6 nitrogen and oxygen atoms in total. The van der Waals surface area contributed by atoms with Gasteiger partial charge in [0.05, 0.1) is 30.5 Å². The first kappa shape index (κ1) is 16.9. The summed E-state index contributed by atoms with van der Waals surface area (Å²) >= 11 is 0. The topological polar surface area (TPSA) is 82.2 Å². The molecule has 1 aromatic heterocycles. The lowest BCUT2D eigenvalue weighted by Gasteiger charge is -2.20. The number of carbonyl (C=O) groups is 1. The van der Waals surface area contributed by atoms with Crippen LogP contribution in [0.1, 0.15) is 13.8 Å². The molecule has 0 aliphatic heterocycles. The average molecular weight is 277 g/mol. The number of carbonyl (C=O) groups excluding carboxylic acids is 1. The molecule has 7 heteroatoms. The molecule has 1 heterocycles. The minimum atomic E-state index is -0.575. The number of halogens is 1. The zero-order valence-electron chi connectivity index (χ0n) is 11.0. The van der Waals surface area contributed by atoms with E-state index in [4.69, 9.17) is 10.5 Å². The number of aromatic nitrogens is 2. The number of hydrogen-bond donors (Lipinski definition) is 2. The Morgan fingerprint density at radius 3 is 2.83 bits per heavy atom. The van der Waals surface area contributed by atoms with Crippen LogP contribution in [0.2, 0.25) is 0 Å². The van der Waals surface area contributed by atoms with E-state index in [1.165, 1.54) is 0 Å². The molecule has 1 rings (SSSR count). The summed E-state index contributed by atoms with van der Waals surface area (Å²) in [6.07, 6.45) is 3.38. The minimum absolute atomic E-state index is 0. The molecular weight excluding hydrogens is 256 g/mol. The Morgan fingerprint density at radius 1 is 1.61 bits per heavy atom. The van der Waals surface area contributed by atoms with Crippen molar-refractivity contribution in [1.82, 2.24) is 9.78 Å². The summed E-state index contributed by atoms with van der Waals surface area (Å²) in [6, 6.07) is 0. The first-order valence-corrected chi connectivity index (χ1v) is 5.52. The fraction of sp³-hybridized carbons (Fsp3) is 0.636. The predicted molar refractivity (Wildman–Crippen MR) is 72.8 cm³/mol. The van der Waals surface area contributed by atoms with Crippen LogP contribution in [0.25, 0.3) is 0 Å². The molecule has 1 aromatic rings. The van der Waals surface area contributed by atoms with E-state index in [1.54, 1.807) is 38.0 Å². The second-order valence-corrected chi connectivity index (χ2v) is 4.53. The van der Waals surface area contributed by atoms with Crippen LogP contribution in [-0.4, -0.2) is 35.9 Å². The quantitative estimate of drug-likeness (QED) is 0.808. The molecule has 0 saturated heterocycles. The van der Waals surface area contributed by atoms with E-state index in [-0.39, 0.29) is 18.3 Å². The molecule has 18 heavy (non-hydrogen) atoms. The second-order valence-electron chi connectivity index (χ2n) is 4.53. The zero-order chi connectivity index (χ0) is 12.9. The van der Waals surface area contributed by atoms with Crippen LogP contribution in [0.15, 0.2) is 12.4 Å². The number of anilines is 1. The molecule has 3 N–H and O–H groups in total. The van der Waals surface area contributed by atoms with Crippen LogP contribution in [0.3, 0.4) is 0 Å². The van der Waals surface area contributed by atoms with E-state index >= 15 is 0 Å². The highest BCUT2D eigenvalue weighted by atomic mass is 35.5. The molecule has 0 aliphatic rings. The Kier molecular flexibility index (Phi) is 6.90. The smallest absolute Gasteiger partial charge is 0.231 e. The van der Waals surface area contributed by atoms with Gasteiger partial charge >= 0.3 is 0 Å². The van der Waals surface area contributed by atoms with Crippen molar-refractivity contribution in [1.29, 1.82) is 0 Å². The van der Waals surface area contributed by atoms with Gasteiger partial charge in [0.15, 0.2) is 0 Å². The maximum absolute atomic E-state index is 11.8. The van der Waals surface area contributed by atoms with E-state index in [9.17, 15) is 4.79 Å². The van der Waals surface area contributed by atoms with Crippen molar-refractivity contribution < 1.29 is 9.53 Å². The molecule has 1 amide bonds. The number of methoxy groups -OCH3 is 1. The zero-order valence-corrected chi connectivity index (χ0v) is 11.8. The lowest BCUT2D eigenvalue weighted by atomic mass is 9.93. The highest BCUT2D eigenvalue weighted by Gasteiger charge is 2.25. The van der Waals surface area contributed by atoms with Crippen molar-refractivity contribution in [2.24, 2.45) is 11.1 Å². The monoisotopic (exact) mass is 276 g/mol. The lowest BCUT2D eigenvalue weighted by Crippen LogP contribution is -2.37. The van der Waals surface area contributed by atoms with Gasteiger partial charge in [-0.05, 0) is 13.8 Å². The number of hydrogen-bond acceptors (Lipinski definition) is 4. The van der Waals surface area contributed by atoms with Crippen LogP contribution in [0.5, 0.6) is 0 Å². The molecular formula is C11H21ClN4O2. The highest BCUT2D eigenvalue weighted by molar-refractivity contribution is 5.94. The van der Waals surface area contributed by atoms with Crippen molar-refractivity contribution in [2.75, 3.05) is 25.6 Å². The SMILES string of the molecule is COCCn1cc(NC(=O)C(C)(C)CN)cn1.Cl. The molecule has 0 atom stereocenters. The van der Waals surface area contributed by atoms with Crippen molar-refractivity contribution in [3.8, 4) is 0 Å². The van der Waals surface area contributed by atoms with Gasteiger partial charge in [0.2, 0.25) is 5.91 Å². The first-order chi connectivity index (χ1) is 7.99. The number of nitrogens with zero attached hydrogens (tertiary/aromatic N) is 2. The Balaban J connectivity index is 0.00000289. The largest absolute Gasteiger partial charge is 0.383 e. The Morgan fingerprint density at radius 2 is 2.28 bits per heavy atom. The standard InChI is InChI=1S/C11H20N4O2.ClH/c1-11(2,8-12)10(16)14-9-6-13-15(7-9)4-5-17-3;/h6-7H,4-5,8,12H2,1-3H3,(H,14,16);1H. The van der Waals surface area contributed by atoms with E-state index in [2.05, 4.69) is 10.4 Å². The number of ether oxygens (including phenoxy) is 1. The van der Waals surface area contributed by atoms with Crippen LogP contribution in [0.4, 0.5) is 5.69 Å². The molecule has 104 valence electrons. The molecule has 0 radical (unpaired) electrons. The Hall–Kier alpha value is -1.11. The molecule has 0 saturated carbocycles. The second kappa shape index (κ2) is 7.35. The number of nitrogens with one attached hydrogen (secondary N) is 1. The summed E-state index contributed by atoms with van der Waals surface area (Å²) in [5, 5.41) is 6.89. The highest BCUT2D eigenvalue weighted by Crippen LogP contribution is 2.16. The van der Waals surface area contributed by atoms with Gasteiger partial charge in [-0.25, -0.2) is 0 Å². The molecule has 0 aromatic carbocycles. The van der Waals surface area contributed by atoms with Gasteiger partial charge in [-0.15, -0.1) is 12.4 Å². The van der Waals surface area contributed by atoms with Gasteiger partial charge in [-0.1, -0.05) is 0 Å². The van der Waals surface area contributed by atoms with Crippen molar-refractivity contribution in [3.63, 3.8) is 0 Å². The Bertz CT molecular complexity index is 379. The van der Waals surface area contributed by atoms with Gasteiger partial charge in [-0.3, -0.25) is 9.48 Å². The van der Waals surface area contributed by atoms with E-state index in [0.29, 0.717) is 25.4 Å². The summed E-state index contributed by atoms with van der Waals surface area (Å²) in [5.74, 6) is -0.105. The third kappa shape index (κ3) is 4.64. The average Bonchev–Trinajstić information content (AvgIpc) is 2.74. The molecule has 0 fully saturated rings. The molecule has 0 bridgehead atoms. The third-order valence-corrected chi connectivity index (χ3v) is 2.54. The van der Waals surface area contributed by atoms with Gasteiger partial charge < -0.3 is 15.8 Å². The number of nitrogens with two attached hydrogens (primary N) is 1. The minimum Gasteiger partial charge on any atom is -0.383 e. The van der Waals surface area contributed by atoms with Crippen molar-refractivity contribution in [2.45, 2.75) is 20.4 Å². The van der Waals surface area contributed by atoms with Gasteiger partial charge in [0.25, 0.3) is 0 Å². The Labute approximate surface area is 113 Å². The van der Waals surface area contributed by atoms with E-state index in [1.807, 2.05) is 0 Å². The maximum atomic E-state index is 11.8. The lowest BCUT2D eigenvalue weighted by molar-refractivity contribution is -0.123. The van der Waals surface area contributed by atoms with Gasteiger partial charge in [0, 0.05) is 19.9 Å². The fourth-order valence-corrected chi connectivity index (χ4v) is 1.13. The summed E-state index contributed by atoms with van der Waals surface area (Å²) < 4.78 is 6.66. The first-order valence-electron chi connectivity index (χ1n) is 5.52. The number of amides is 1. The van der Waals surface area contributed by atoms with Crippen molar-refractivity contribution in [3.05, 3.63) is 12.4 Å². The van der Waals surface area contributed by atoms with Gasteiger partial charge in [0.1, 0.15) is 0 Å². The molecule has 0 aliphatic carbocycles. The van der Waals surface area contributed by atoms with Crippen LogP contribution >= 0.6 is 12.4 Å². The summed E-state index contributed by atoms with van der Waals surface area (Å²) in [5.41, 5.74) is 5.63. The maximum Gasteiger partial charge on any atom is 0.231 e. The molecule has 0 unspecified atom stereocenters. The third-order valence-electron chi connectivity index (χ3n) is 2.54. The predicted octanol–water partition coefficient (Wildman–Crippen LogP) is 0.875. The molecule has 0 spiro atoms. The van der Waals surface area contributed by atoms with Crippen molar-refractivity contribution >= 4 is 24.0 Å². The van der Waals surface area contributed by atoms with E-state index < -0.39 is 5.41 Å². The summed E-state index contributed by atoms with van der Waals surface area (Å²) in [4.78, 5) is 11.8. The fourth-order valence-electron chi connectivity index (χ4n) is 1.13. The normalized spacial score (nSPS) is 10.9. The van der Waals surface area contributed by atoms with Crippen LogP contribution < -0.4 is 11.1 Å². The van der Waals surface area contributed by atoms with Gasteiger partial charge in [-0.2, -0.15) is 5.10 Å². The summed E-state index contributed by atoms with van der Waals surface area (Å²) in [6.45, 7) is 5.15. The van der Waals surface area contributed by atoms with E-state index in [0.717, 1.165) is 0 Å². The summed E-state index contributed by atoms with van der Waals surface area (Å²) in [7, 11) is 1.63. The van der Waals surface area contributed by atoms with Crippen LogP contribution in [-0.2, 0) is 16.1 Å². The van der Waals surface area contributed by atoms with Crippen LogP contribution in [0, 0.1) is 5.41 Å².